The van der Waals surface area contributed by atoms with Crippen molar-refractivity contribution in [2.75, 3.05) is 18.9 Å². The zero-order valence-electron chi connectivity index (χ0n) is 17.9. The molecule has 0 spiro atoms. The van der Waals surface area contributed by atoms with Gasteiger partial charge in [-0.05, 0) is 31.2 Å². The van der Waals surface area contributed by atoms with Gasteiger partial charge in [0.2, 0.25) is 0 Å². The number of imidazole rings is 1. The second-order valence-electron chi connectivity index (χ2n) is 6.85. The summed E-state index contributed by atoms with van der Waals surface area (Å²) in [5.74, 6) is -0.109. The van der Waals surface area contributed by atoms with Gasteiger partial charge in [-0.1, -0.05) is 0 Å². The second-order valence-corrected chi connectivity index (χ2v) is 6.85. The fourth-order valence-corrected chi connectivity index (χ4v) is 3.25. The van der Waals surface area contributed by atoms with Crippen LogP contribution >= 0.6 is 0 Å². The van der Waals surface area contributed by atoms with E-state index in [2.05, 4.69) is 20.6 Å². The Morgan fingerprint density at radius 2 is 1.97 bits per heavy atom. The molecule has 4 rings (SSSR count). The number of carbonyl (C=O) groups excluding carboxylic acids is 2. The molecule has 2 N–H and O–H groups in total. The number of aryl methyl sites for hydroxylation is 1. The van der Waals surface area contributed by atoms with Crippen LogP contribution in [0, 0.1) is 6.92 Å². The van der Waals surface area contributed by atoms with Crippen LogP contribution in [0.4, 0.5) is 5.69 Å². The third-order valence-corrected chi connectivity index (χ3v) is 4.89. The molecule has 0 saturated heterocycles. The minimum absolute atomic E-state index is 0.109. The van der Waals surface area contributed by atoms with Crippen molar-refractivity contribution in [3.63, 3.8) is 0 Å². The smallest absolute Gasteiger partial charge is 0.251 e. The number of hydrogen-bond donors (Lipinski definition) is 2. The van der Waals surface area contributed by atoms with Gasteiger partial charge in [-0.2, -0.15) is 0 Å². The lowest BCUT2D eigenvalue weighted by molar-refractivity contribution is -0.694. The van der Waals surface area contributed by atoms with E-state index in [-0.39, 0.29) is 5.91 Å². The van der Waals surface area contributed by atoms with Crippen molar-refractivity contribution < 1.29 is 19.3 Å². The van der Waals surface area contributed by atoms with Gasteiger partial charge in [0.15, 0.2) is 18.9 Å². The Bertz CT molecular complexity index is 1200. The molecule has 0 saturated carbocycles. The number of anilines is 1. The molecule has 0 atom stereocenters. The first kappa shape index (κ1) is 22.4. The number of nitrogens with zero attached hydrogens (tertiary/aromatic N) is 4. The Morgan fingerprint density at radius 1 is 1.22 bits per heavy atom. The van der Waals surface area contributed by atoms with Crippen LogP contribution in [0.15, 0.2) is 67.4 Å². The van der Waals surface area contributed by atoms with E-state index in [0.29, 0.717) is 18.7 Å². The van der Waals surface area contributed by atoms with E-state index in [4.69, 9.17) is 9.90 Å². The van der Waals surface area contributed by atoms with Gasteiger partial charge in [0.1, 0.15) is 5.65 Å². The van der Waals surface area contributed by atoms with Gasteiger partial charge >= 0.3 is 0 Å². The summed E-state index contributed by atoms with van der Waals surface area (Å²) in [5.41, 5.74) is 5.30. The zero-order valence-corrected chi connectivity index (χ0v) is 17.9. The summed E-state index contributed by atoms with van der Waals surface area (Å²) in [7, 11) is 1.89. The summed E-state index contributed by atoms with van der Waals surface area (Å²) in [5, 5.41) is 14.3. The Hall–Kier alpha value is -4.27. The standard InChI is InChI=1S/C22H22N6O.CH2O2/c1-16-19(4-3-8-24-16)20-15-26-21-14-17(5-12-28(20)21)22(29)25-9-13-27-10-6-18(23-2)7-11-27;2-1-3/h3-8,10-12,14-15H,9,13H2,1-2H3,(H,25,29);1H,(H,2,3). The molecule has 0 unspecified atom stereocenters. The number of hydrogen-bond acceptors (Lipinski definition) is 6. The maximum absolute atomic E-state index is 12.5. The largest absolute Gasteiger partial charge is 0.554 e. The Morgan fingerprint density at radius 3 is 2.66 bits per heavy atom. The van der Waals surface area contributed by atoms with E-state index < -0.39 is 6.47 Å². The molecule has 32 heavy (non-hydrogen) atoms. The Kier molecular flexibility index (Phi) is 7.47. The first-order valence-corrected chi connectivity index (χ1v) is 9.97. The zero-order chi connectivity index (χ0) is 22.9. The van der Waals surface area contributed by atoms with E-state index in [9.17, 15) is 4.79 Å². The van der Waals surface area contributed by atoms with Gasteiger partial charge in [-0.3, -0.25) is 14.2 Å². The molecule has 4 aromatic heterocycles. The monoisotopic (exact) mass is 432 g/mol. The lowest BCUT2D eigenvalue weighted by Gasteiger charge is -2.07. The summed E-state index contributed by atoms with van der Waals surface area (Å²) in [6, 6.07) is 11.5. The van der Waals surface area contributed by atoms with E-state index in [1.54, 1.807) is 12.3 Å². The average molecular weight is 432 g/mol. The fourth-order valence-electron chi connectivity index (χ4n) is 3.25. The Balaban J connectivity index is 0.000000913. The lowest BCUT2D eigenvalue weighted by Crippen LogP contribution is -2.40. The topological polar surface area (TPSA) is 115 Å². The predicted octanol–water partition coefficient (Wildman–Crippen LogP) is 0.830. The van der Waals surface area contributed by atoms with Crippen LogP contribution in [0.5, 0.6) is 0 Å². The fraction of sp³-hybridized carbons (Fsp3) is 0.174. The first-order valence-electron chi connectivity index (χ1n) is 9.97. The summed E-state index contributed by atoms with van der Waals surface area (Å²) in [4.78, 5) is 29.6. The van der Waals surface area contributed by atoms with Crippen molar-refractivity contribution in [2.24, 2.45) is 0 Å². The molecule has 9 nitrogen and oxygen atoms in total. The highest BCUT2D eigenvalue weighted by Crippen LogP contribution is 2.23. The molecule has 0 fully saturated rings. The molecule has 4 heterocycles. The molecule has 9 heteroatoms. The quantitative estimate of drug-likeness (QED) is 0.345. The lowest BCUT2D eigenvalue weighted by atomic mass is 10.1. The van der Waals surface area contributed by atoms with Crippen LogP contribution in [0.1, 0.15) is 16.1 Å². The van der Waals surface area contributed by atoms with Crippen molar-refractivity contribution in [1.82, 2.24) is 19.7 Å². The minimum atomic E-state index is -0.500. The second kappa shape index (κ2) is 10.7. The number of nitrogens with one attached hydrogen (secondary N) is 2. The number of carboxylic acid groups (broad SMARTS) is 1. The van der Waals surface area contributed by atoms with Crippen LogP contribution in [0.3, 0.4) is 0 Å². The van der Waals surface area contributed by atoms with Gasteiger partial charge < -0.3 is 20.5 Å². The van der Waals surface area contributed by atoms with Crippen molar-refractivity contribution in [3.05, 3.63) is 78.6 Å². The maximum Gasteiger partial charge on any atom is 0.251 e. The van der Waals surface area contributed by atoms with Crippen molar-refractivity contribution in [1.29, 1.82) is 0 Å². The van der Waals surface area contributed by atoms with E-state index in [1.165, 1.54) is 0 Å². The molecule has 0 aliphatic carbocycles. The summed E-state index contributed by atoms with van der Waals surface area (Å²) in [6.07, 6.45) is 9.43. The molecule has 0 aromatic carbocycles. The molecular weight excluding hydrogens is 408 g/mol. The van der Waals surface area contributed by atoms with Crippen LogP contribution < -0.4 is 20.3 Å². The molecule has 0 radical (unpaired) electrons. The molecule has 4 aromatic rings. The van der Waals surface area contributed by atoms with Crippen LogP contribution in [0.25, 0.3) is 16.9 Å². The molecule has 0 aliphatic heterocycles. The van der Waals surface area contributed by atoms with Gasteiger partial charge in [0, 0.05) is 60.6 Å². The van der Waals surface area contributed by atoms with E-state index in [1.807, 2.05) is 78.1 Å². The predicted molar refractivity (Wildman–Crippen MR) is 118 cm³/mol. The SMILES string of the molecule is CNc1cc[n+](CCNC(=O)c2ccn3c(-c4cccnc4C)cnc3c2)cc1.O=C[O-]. The number of amides is 1. The molecular formula is C23H24N6O3. The third kappa shape index (κ3) is 5.25. The van der Waals surface area contributed by atoms with Crippen molar-refractivity contribution in [3.8, 4) is 11.3 Å². The summed E-state index contributed by atoms with van der Waals surface area (Å²) < 4.78 is 4.00. The van der Waals surface area contributed by atoms with E-state index in [0.717, 1.165) is 28.3 Å². The van der Waals surface area contributed by atoms with Crippen molar-refractivity contribution in [2.45, 2.75) is 13.5 Å². The number of aromatic nitrogens is 4. The highest BCUT2D eigenvalue weighted by Gasteiger charge is 2.12. The molecule has 0 aliphatic rings. The van der Waals surface area contributed by atoms with Crippen LogP contribution in [0.2, 0.25) is 0 Å². The highest BCUT2D eigenvalue weighted by atomic mass is 16.3. The Labute approximate surface area is 185 Å². The van der Waals surface area contributed by atoms with Gasteiger partial charge in [0.05, 0.1) is 18.4 Å². The molecule has 1 amide bonds. The molecule has 0 bridgehead atoms. The summed E-state index contributed by atoms with van der Waals surface area (Å²) >= 11 is 0. The van der Waals surface area contributed by atoms with Crippen LogP contribution in [-0.4, -0.2) is 40.3 Å². The van der Waals surface area contributed by atoms with Gasteiger partial charge in [-0.15, -0.1) is 0 Å². The first-order chi connectivity index (χ1) is 15.6. The van der Waals surface area contributed by atoms with Gasteiger partial charge in [0.25, 0.3) is 5.91 Å². The maximum atomic E-state index is 12.5. The van der Waals surface area contributed by atoms with E-state index >= 15 is 0 Å². The average Bonchev–Trinajstić information content (AvgIpc) is 3.23. The summed E-state index contributed by atoms with van der Waals surface area (Å²) in [6.45, 7) is 2.72. The minimum Gasteiger partial charge on any atom is -0.554 e. The number of pyridine rings is 3. The number of rotatable bonds is 6. The van der Waals surface area contributed by atoms with Crippen molar-refractivity contribution >= 4 is 23.7 Å². The highest BCUT2D eigenvalue weighted by molar-refractivity contribution is 5.95. The normalized spacial score (nSPS) is 10.2. The van der Waals surface area contributed by atoms with Crippen LogP contribution in [-0.2, 0) is 11.3 Å². The third-order valence-electron chi connectivity index (χ3n) is 4.89. The van der Waals surface area contributed by atoms with Gasteiger partial charge in [-0.25, -0.2) is 9.55 Å². The molecule has 164 valence electrons. The number of carbonyl (C=O) groups is 2. The number of fused-ring (bicyclic) bond motifs is 1.